The zero-order chi connectivity index (χ0) is 13.7. The molecular weight excluding hydrogens is 228 g/mol. The van der Waals surface area contributed by atoms with Crippen molar-refractivity contribution in [3.63, 3.8) is 0 Å². The van der Waals surface area contributed by atoms with Gasteiger partial charge in [0.05, 0.1) is 11.4 Å². The fourth-order valence-electron chi connectivity index (χ4n) is 1.91. The molecule has 2 N–H and O–H groups in total. The quantitative estimate of drug-likeness (QED) is 0.812. The van der Waals surface area contributed by atoms with Gasteiger partial charge in [-0.1, -0.05) is 13.3 Å². The van der Waals surface area contributed by atoms with Crippen LogP contribution in [0.25, 0.3) is 0 Å². The molecule has 0 aliphatic heterocycles. The molecule has 5 heteroatoms. The molecule has 5 nitrogen and oxygen atoms in total. The number of amides is 1. The number of rotatable bonds is 6. The number of carbonyl (C=O) groups excluding carboxylic acids is 1. The summed E-state index contributed by atoms with van der Waals surface area (Å²) in [5.74, 6) is 0.0270. The molecule has 2 unspecified atom stereocenters. The van der Waals surface area contributed by atoms with Crippen molar-refractivity contribution in [1.82, 2.24) is 15.1 Å². The van der Waals surface area contributed by atoms with Crippen LogP contribution in [0.1, 0.15) is 39.3 Å². The van der Waals surface area contributed by atoms with E-state index in [9.17, 15) is 4.79 Å². The predicted molar refractivity (Wildman–Crippen MR) is 73.5 cm³/mol. The summed E-state index contributed by atoms with van der Waals surface area (Å²) >= 11 is 0. The van der Waals surface area contributed by atoms with Gasteiger partial charge in [-0.3, -0.25) is 9.48 Å². The van der Waals surface area contributed by atoms with E-state index in [0.29, 0.717) is 0 Å². The van der Waals surface area contributed by atoms with Crippen LogP contribution in [-0.2, 0) is 11.8 Å². The fourth-order valence-corrected chi connectivity index (χ4v) is 1.91. The molecule has 0 saturated carbocycles. The highest BCUT2D eigenvalue weighted by atomic mass is 16.2. The number of anilines is 1. The van der Waals surface area contributed by atoms with Crippen LogP contribution in [0.15, 0.2) is 6.20 Å². The molecule has 1 aromatic rings. The Bertz CT molecular complexity index is 400. The normalized spacial score (nSPS) is 14.1. The van der Waals surface area contributed by atoms with Gasteiger partial charge in [0, 0.05) is 19.3 Å². The number of nitrogens with one attached hydrogen (secondary N) is 2. The number of aryl methyl sites for hydroxylation is 2. The predicted octanol–water partition coefficient (Wildman–Crippen LogP) is 1.83. The third kappa shape index (κ3) is 4.05. The second-order valence-corrected chi connectivity index (χ2v) is 4.87. The summed E-state index contributed by atoms with van der Waals surface area (Å²) < 4.78 is 1.74. The third-order valence-electron chi connectivity index (χ3n) is 2.89. The van der Waals surface area contributed by atoms with Gasteiger partial charge in [-0.25, -0.2) is 0 Å². The Labute approximate surface area is 109 Å². The first-order chi connectivity index (χ1) is 8.43. The van der Waals surface area contributed by atoms with Gasteiger partial charge < -0.3 is 10.6 Å². The lowest BCUT2D eigenvalue weighted by molar-refractivity contribution is -0.122. The van der Waals surface area contributed by atoms with E-state index in [4.69, 9.17) is 0 Å². The monoisotopic (exact) mass is 252 g/mol. The van der Waals surface area contributed by atoms with Crippen molar-refractivity contribution in [2.75, 3.05) is 5.32 Å². The van der Waals surface area contributed by atoms with E-state index < -0.39 is 0 Å². The number of nitrogens with zero attached hydrogens (tertiary/aromatic N) is 2. The minimum atomic E-state index is -0.257. The van der Waals surface area contributed by atoms with E-state index in [2.05, 4.69) is 22.7 Å². The molecule has 0 radical (unpaired) electrons. The third-order valence-corrected chi connectivity index (χ3v) is 2.89. The van der Waals surface area contributed by atoms with Crippen LogP contribution < -0.4 is 10.6 Å². The van der Waals surface area contributed by atoms with Crippen molar-refractivity contribution in [1.29, 1.82) is 0 Å². The largest absolute Gasteiger partial charge is 0.371 e. The van der Waals surface area contributed by atoms with E-state index in [0.717, 1.165) is 24.2 Å². The summed E-state index contributed by atoms with van der Waals surface area (Å²) in [7, 11) is 1.87. The summed E-state index contributed by atoms with van der Waals surface area (Å²) in [6, 6.07) is -0.0334. The van der Waals surface area contributed by atoms with Gasteiger partial charge in [0.15, 0.2) is 0 Å². The fraction of sp³-hybridized carbons (Fsp3) is 0.692. The highest BCUT2D eigenvalue weighted by Gasteiger charge is 2.16. The molecule has 1 heterocycles. The molecule has 0 bridgehead atoms. The lowest BCUT2D eigenvalue weighted by Crippen LogP contribution is -2.42. The molecule has 1 aromatic heterocycles. The second-order valence-electron chi connectivity index (χ2n) is 4.87. The Kier molecular flexibility index (Phi) is 5.19. The van der Waals surface area contributed by atoms with Crippen LogP contribution in [0.5, 0.6) is 0 Å². The highest BCUT2D eigenvalue weighted by Crippen LogP contribution is 2.12. The van der Waals surface area contributed by atoms with E-state index >= 15 is 0 Å². The van der Waals surface area contributed by atoms with Crippen LogP contribution in [0, 0.1) is 6.92 Å². The second kappa shape index (κ2) is 6.42. The molecule has 0 aromatic carbocycles. The molecule has 1 amide bonds. The summed E-state index contributed by atoms with van der Waals surface area (Å²) in [6.45, 7) is 7.93. The van der Waals surface area contributed by atoms with Crippen LogP contribution >= 0.6 is 0 Å². The number of hydrogen-bond acceptors (Lipinski definition) is 3. The maximum Gasteiger partial charge on any atom is 0.242 e. The van der Waals surface area contributed by atoms with Crippen LogP contribution in [-0.4, -0.2) is 27.8 Å². The number of carbonyl (C=O) groups is 1. The topological polar surface area (TPSA) is 59.0 Å². The van der Waals surface area contributed by atoms with Gasteiger partial charge in [-0.05, 0) is 27.2 Å². The molecular formula is C13H24N4O. The minimum Gasteiger partial charge on any atom is -0.371 e. The van der Waals surface area contributed by atoms with E-state index in [1.165, 1.54) is 0 Å². The number of aromatic nitrogens is 2. The van der Waals surface area contributed by atoms with Crippen molar-refractivity contribution in [3.05, 3.63) is 11.9 Å². The Morgan fingerprint density at radius 3 is 2.67 bits per heavy atom. The molecule has 0 aliphatic carbocycles. The standard InChI is InChI=1S/C13H24N4O/c1-6-7-9(2)14-13(18)11(4)15-12-8-17(5)16-10(12)3/h8-9,11,15H,6-7H2,1-5H3,(H,14,18). The van der Waals surface area contributed by atoms with Crippen molar-refractivity contribution in [2.45, 2.75) is 52.6 Å². The average molecular weight is 252 g/mol. The molecule has 0 spiro atoms. The van der Waals surface area contributed by atoms with Crippen molar-refractivity contribution < 1.29 is 4.79 Å². The van der Waals surface area contributed by atoms with Crippen molar-refractivity contribution >= 4 is 11.6 Å². The Balaban J connectivity index is 2.52. The molecule has 102 valence electrons. The number of hydrogen-bond donors (Lipinski definition) is 2. The maximum atomic E-state index is 11.9. The summed E-state index contributed by atoms with van der Waals surface area (Å²) in [6.07, 6.45) is 3.96. The lowest BCUT2D eigenvalue weighted by Gasteiger charge is -2.18. The van der Waals surface area contributed by atoms with Gasteiger partial charge in [0.2, 0.25) is 5.91 Å². The minimum absolute atomic E-state index is 0.0270. The van der Waals surface area contributed by atoms with Gasteiger partial charge in [-0.2, -0.15) is 5.10 Å². The lowest BCUT2D eigenvalue weighted by atomic mass is 10.2. The van der Waals surface area contributed by atoms with Gasteiger partial charge in [-0.15, -0.1) is 0 Å². The molecule has 0 saturated heterocycles. The highest BCUT2D eigenvalue weighted by molar-refractivity contribution is 5.84. The van der Waals surface area contributed by atoms with Gasteiger partial charge in [0.25, 0.3) is 0 Å². The Morgan fingerprint density at radius 2 is 2.17 bits per heavy atom. The molecule has 1 rings (SSSR count). The van der Waals surface area contributed by atoms with Crippen molar-refractivity contribution in [2.24, 2.45) is 7.05 Å². The first-order valence-corrected chi connectivity index (χ1v) is 6.51. The van der Waals surface area contributed by atoms with Crippen LogP contribution in [0.3, 0.4) is 0 Å². The molecule has 18 heavy (non-hydrogen) atoms. The summed E-state index contributed by atoms with van der Waals surface area (Å²) in [4.78, 5) is 11.9. The zero-order valence-electron chi connectivity index (χ0n) is 11.9. The molecule has 0 aliphatic rings. The van der Waals surface area contributed by atoms with Crippen molar-refractivity contribution in [3.8, 4) is 0 Å². The molecule has 0 fully saturated rings. The van der Waals surface area contributed by atoms with E-state index in [-0.39, 0.29) is 18.0 Å². The maximum absolute atomic E-state index is 11.9. The van der Waals surface area contributed by atoms with Crippen LogP contribution in [0.4, 0.5) is 5.69 Å². The zero-order valence-corrected chi connectivity index (χ0v) is 11.9. The first kappa shape index (κ1) is 14.5. The van der Waals surface area contributed by atoms with Gasteiger partial charge >= 0.3 is 0 Å². The summed E-state index contributed by atoms with van der Waals surface area (Å²) in [5, 5.41) is 10.4. The SMILES string of the molecule is CCCC(C)NC(=O)C(C)Nc1cn(C)nc1C. The Hall–Kier alpha value is -1.52. The van der Waals surface area contributed by atoms with Gasteiger partial charge in [0.1, 0.15) is 6.04 Å². The average Bonchev–Trinajstić information content (AvgIpc) is 2.57. The summed E-state index contributed by atoms with van der Waals surface area (Å²) in [5.41, 5.74) is 1.81. The molecule has 2 atom stereocenters. The Morgan fingerprint density at radius 1 is 1.50 bits per heavy atom. The van der Waals surface area contributed by atoms with E-state index in [1.807, 2.05) is 34.0 Å². The smallest absolute Gasteiger partial charge is 0.242 e. The first-order valence-electron chi connectivity index (χ1n) is 6.51. The van der Waals surface area contributed by atoms with E-state index in [1.54, 1.807) is 4.68 Å². The van der Waals surface area contributed by atoms with Crippen LogP contribution in [0.2, 0.25) is 0 Å².